The van der Waals surface area contributed by atoms with Gasteiger partial charge in [-0.3, -0.25) is 0 Å². The molecule has 0 spiro atoms. The van der Waals surface area contributed by atoms with Crippen molar-refractivity contribution >= 4 is 8.80 Å². The van der Waals surface area contributed by atoms with Crippen LogP contribution in [0.4, 0.5) is 0 Å². The van der Waals surface area contributed by atoms with Crippen molar-refractivity contribution in [2.75, 3.05) is 0 Å². The highest BCUT2D eigenvalue weighted by Crippen LogP contribution is 2.22. The zero-order valence-corrected chi connectivity index (χ0v) is 6.77. The van der Waals surface area contributed by atoms with Crippen molar-refractivity contribution in [3.8, 4) is 0 Å². The molecule has 0 nitrogen and oxygen atoms in total. The SMILES string of the molecule is C=C(C)[SiH]1CCCC1. The van der Waals surface area contributed by atoms with Gasteiger partial charge < -0.3 is 0 Å². The molecular weight excluding hydrogens is 112 g/mol. The summed E-state index contributed by atoms with van der Waals surface area (Å²) in [7, 11) is -0.349. The fraction of sp³-hybridized carbons (Fsp3) is 0.714. The highest BCUT2D eigenvalue weighted by Gasteiger charge is 2.16. The van der Waals surface area contributed by atoms with Crippen LogP contribution in [0.25, 0.3) is 0 Å². The zero-order valence-electron chi connectivity index (χ0n) is 5.61. The van der Waals surface area contributed by atoms with Crippen LogP contribution in [0.3, 0.4) is 0 Å². The first-order valence-electron chi connectivity index (χ1n) is 3.46. The molecule has 1 fully saturated rings. The number of hydrogen-bond acceptors (Lipinski definition) is 0. The number of rotatable bonds is 1. The van der Waals surface area contributed by atoms with Crippen molar-refractivity contribution < 1.29 is 0 Å². The molecule has 1 saturated heterocycles. The van der Waals surface area contributed by atoms with Gasteiger partial charge in [0, 0.05) is 0 Å². The van der Waals surface area contributed by atoms with Crippen LogP contribution in [0.2, 0.25) is 12.1 Å². The summed E-state index contributed by atoms with van der Waals surface area (Å²) in [6.07, 6.45) is 2.98. The van der Waals surface area contributed by atoms with Gasteiger partial charge in [0.15, 0.2) is 0 Å². The van der Waals surface area contributed by atoms with Crippen LogP contribution in [0.5, 0.6) is 0 Å². The van der Waals surface area contributed by atoms with Gasteiger partial charge >= 0.3 is 0 Å². The van der Waals surface area contributed by atoms with Gasteiger partial charge in [-0.05, 0) is 6.92 Å². The maximum Gasteiger partial charge on any atom is 0.0645 e. The molecule has 0 aromatic carbocycles. The minimum absolute atomic E-state index is 0.349. The van der Waals surface area contributed by atoms with Crippen LogP contribution in [0, 0.1) is 0 Å². The van der Waals surface area contributed by atoms with E-state index < -0.39 is 0 Å². The summed E-state index contributed by atoms with van der Waals surface area (Å²) in [5, 5.41) is 1.53. The largest absolute Gasteiger partial charge is 0.104 e. The van der Waals surface area contributed by atoms with E-state index in [0.29, 0.717) is 0 Å². The van der Waals surface area contributed by atoms with Gasteiger partial charge in [0.2, 0.25) is 0 Å². The summed E-state index contributed by atoms with van der Waals surface area (Å²) < 4.78 is 0. The van der Waals surface area contributed by atoms with Crippen molar-refractivity contribution in [1.82, 2.24) is 0 Å². The molecule has 0 aromatic rings. The third-order valence-corrected chi connectivity index (χ3v) is 5.66. The van der Waals surface area contributed by atoms with Crippen LogP contribution in [-0.4, -0.2) is 8.80 Å². The average Bonchev–Trinajstić information content (AvgIpc) is 2.12. The molecule has 0 bridgehead atoms. The van der Waals surface area contributed by atoms with Gasteiger partial charge in [-0.25, -0.2) is 0 Å². The van der Waals surface area contributed by atoms with Crippen LogP contribution < -0.4 is 0 Å². The highest BCUT2D eigenvalue weighted by atomic mass is 28.3. The molecule has 0 amide bonds. The molecule has 1 rings (SSSR count). The Labute approximate surface area is 53.2 Å². The van der Waals surface area contributed by atoms with Gasteiger partial charge in [-0.1, -0.05) is 30.1 Å². The second-order valence-corrected chi connectivity index (χ2v) is 6.36. The Bertz CT molecular complexity index is 90.6. The maximum absolute atomic E-state index is 4.00. The van der Waals surface area contributed by atoms with Crippen molar-refractivity contribution in [3.05, 3.63) is 11.8 Å². The number of hydrogen-bond donors (Lipinski definition) is 0. The van der Waals surface area contributed by atoms with Crippen molar-refractivity contribution in [2.45, 2.75) is 31.9 Å². The predicted molar refractivity (Wildman–Crippen MR) is 40.8 cm³/mol. The molecular formula is C7H14Si. The molecule has 0 saturated carbocycles. The topological polar surface area (TPSA) is 0 Å². The lowest BCUT2D eigenvalue weighted by molar-refractivity contribution is 0.935. The third-order valence-electron chi connectivity index (χ3n) is 2.05. The molecule has 0 N–H and O–H groups in total. The minimum atomic E-state index is -0.349. The fourth-order valence-corrected chi connectivity index (χ4v) is 4.26. The van der Waals surface area contributed by atoms with Gasteiger partial charge in [0.1, 0.15) is 0 Å². The van der Waals surface area contributed by atoms with E-state index in [1.54, 1.807) is 0 Å². The van der Waals surface area contributed by atoms with Crippen LogP contribution in [0.1, 0.15) is 19.8 Å². The monoisotopic (exact) mass is 126 g/mol. The Morgan fingerprint density at radius 1 is 1.38 bits per heavy atom. The van der Waals surface area contributed by atoms with E-state index in [-0.39, 0.29) is 8.80 Å². The Morgan fingerprint density at radius 2 is 1.88 bits per heavy atom. The van der Waals surface area contributed by atoms with Crippen LogP contribution in [-0.2, 0) is 0 Å². The molecule has 1 aliphatic rings. The third kappa shape index (κ3) is 1.22. The van der Waals surface area contributed by atoms with Gasteiger partial charge in [0.25, 0.3) is 0 Å². The molecule has 1 heteroatoms. The van der Waals surface area contributed by atoms with Crippen LogP contribution >= 0.6 is 0 Å². The molecule has 0 aromatic heterocycles. The predicted octanol–water partition coefficient (Wildman–Crippen LogP) is 2.12. The van der Waals surface area contributed by atoms with Gasteiger partial charge in [-0.2, -0.15) is 0 Å². The smallest absolute Gasteiger partial charge is 0.0645 e. The standard InChI is InChI=1S/C7H14Si/c1-7(2)8-5-3-4-6-8/h8H,1,3-6H2,2H3. The maximum atomic E-state index is 4.00. The Morgan fingerprint density at radius 3 is 2.12 bits per heavy atom. The van der Waals surface area contributed by atoms with E-state index in [2.05, 4.69) is 13.5 Å². The van der Waals surface area contributed by atoms with Crippen molar-refractivity contribution in [3.63, 3.8) is 0 Å². The highest BCUT2D eigenvalue weighted by molar-refractivity contribution is 6.67. The normalized spacial score (nSPS) is 21.6. The summed E-state index contributed by atoms with van der Waals surface area (Å²) in [5.41, 5.74) is 0. The second kappa shape index (κ2) is 2.49. The zero-order chi connectivity index (χ0) is 5.98. The Hall–Kier alpha value is -0.0431. The first-order chi connectivity index (χ1) is 3.80. The first-order valence-corrected chi connectivity index (χ1v) is 5.67. The van der Waals surface area contributed by atoms with Crippen molar-refractivity contribution in [2.24, 2.45) is 0 Å². The summed E-state index contributed by atoms with van der Waals surface area (Å²) in [4.78, 5) is 0. The van der Waals surface area contributed by atoms with Crippen molar-refractivity contribution in [1.29, 1.82) is 0 Å². The molecule has 46 valence electrons. The molecule has 0 unspecified atom stereocenters. The fourth-order valence-electron chi connectivity index (χ4n) is 1.42. The Balaban J connectivity index is 2.35. The quantitative estimate of drug-likeness (QED) is 0.472. The second-order valence-electron chi connectivity index (χ2n) is 2.83. The van der Waals surface area contributed by atoms with Gasteiger partial charge in [-0.15, -0.1) is 6.58 Å². The van der Waals surface area contributed by atoms with E-state index >= 15 is 0 Å². The van der Waals surface area contributed by atoms with Crippen LogP contribution in [0.15, 0.2) is 11.8 Å². The Kier molecular flexibility index (Phi) is 1.89. The molecule has 0 radical (unpaired) electrons. The number of allylic oxidation sites excluding steroid dienone is 1. The van der Waals surface area contributed by atoms with E-state index in [1.165, 1.54) is 30.1 Å². The lowest BCUT2D eigenvalue weighted by Gasteiger charge is -2.02. The lowest BCUT2D eigenvalue weighted by Crippen LogP contribution is -2.05. The lowest BCUT2D eigenvalue weighted by atomic mass is 10.4. The molecule has 0 atom stereocenters. The molecule has 8 heavy (non-hydrogen) atoms. The molecule has 0 aliphatic carbocycles. The first kappa shape index (κ1) is 6.08. The summed E-state index contributed by atoms with van der Waals surface area (Å²) in [6, 6.07) is 3.07. The van der Waals surface area contributed by atoms with Gasteiger partial charge in [0.05, 0.1) is 8.80 Å². The summed E-state index contributed by atoms with van der Waals surface area (Å²) in [6.45, 7) is 6.21. The van der Waals surface area contributed by atoms with E-state index in [9.17, 15) is 0 Å². The molecule has 1 heterocycles. The summed E-state index contributed by atoms with van der Waals surface area (Å²) in [5.74, 6) is 0. The average molecular weight is 126 g/mol. The minimum Gasteiger partial charge on any atom is -0.104 e. The van der Waals surface area contributed by atoms with E-state index in [1.807, 2.05) is 0 Å². The van der Waals surface area contributed by atoms with E-state index in [4.69, 9.17) is 0 Å². The molecule has 1 aliphatic heterocycles. The van der Waals surface area contributed by atoms with E-state index in [0.717, 1.165) is 0 Å². The summed E-state index contributed by atoms with van der Waals surface area (Å²) >= 11 is 0.